The standard InChI is InChI=1S/C25H32N4O3/c1-17-14-18(2)27(3)24(31)22(17)25(32)29-13-7-8-20(16-29)21-10-9-19(15-26-21)23(30)28-11-5-4-6-12-28/h9-10,14-15,20H,4-8,11-13,16H2,1-3H3. The molecule has 0 saturated carbocycles. The lowest BCUT2D eigenvalue weighted by Gasteiger charge is -2.33. The highest BCUT2D eigenvalue weighted by Crippen LogP contribution is 2.27. The van der Waals surface area contributed by atoms with Gasteiger partial charge in [0.15, 0.2) is 0 Å². The van der Waals surface area contributed by atoms with Crippen LogP contribution in [0.1, 0.15) is 75.7 Å². The molecule has 2 aliphatic rings. The van der Waals surface area contributed by atoms with E-state index in [0.29, 0.717) is 18.7 Å². The summed E-state index contributed by atoms with van der Waals surface area (Å²) in [5.41, 5.74) is 3.09. The summed E-state index contributed by atoms with van der Waals surface area (Å²) in [7, 11) is 1.70. The minimum atomic E-state index is -0.242. The van der Waals surface area contributed by atoms with E-state index < -0.39 is 0 Å². The summed E-state index contributed by atoms with van der Waals surface area (Å²) in [6.07, 6.45) is 6.78. The third-order valence-corrected chi connectivity index (χ3v) is 6.88. The summed E-state index contributed by atoms with van der Waals surface area (Å²) in [4.78, 5) is 47.0. The Morgan fingerprint density at radius 2 is 1.69 bits per heavy atom. The minimum absolute atomic E-state index is 0.0508. The smallest absolute Gasteiger partial charge is 0.263 e. The number of aryl methyl sites for hydroxylation is 2. The van der Waals surface area contributed by atoms with Crippen molar-refractivity contribution in [3.8, 4) is 0 Å². The third kappa shape index (κ3) is 4.33. The van der Waals surface area contributed by atoms with Gasteiger partial charge in [-0.15, -0.1) is 0 Å². The normalized spacial score (nSPS) is 19.2. The molecular weight excluding hydrogens is 404 g/mol. The van der Waals surface area contributed by atoms with E-state index in [2.05, 4.69) is 4.98 Å². The highest BCUT2D eigenvalue weighted by molar-refractivity contribution is 5.95. The fourth-order valence-electron chi connectivity index (χ4n) is 4.85. The van der Waals surface area contributed by atoms with Gasteiger partial charge in [-0.1, -0.05) is 0 Å². The van der Waals surface area contributed by atoms with E-state index in [1.807, 2.05) is 36.9 Å². The van der Waals surface area contributed by atoms with Gasteiger partial charge < -0.3 is 14.4 Å². The molecule has 1 unspecified atom stereocenters. The fraction of sp³-hybridized carbons (Fsp3) is 0.520. The van der Waals surface area contributed by atoms with E-state index in [1.54, 1.807) is 18.1 Å². The first-order chi connectivity index (χ1) is 15.4. The Morgan fingerprint density at radius 3 is 2.38 bits per heavy atom. The Morgan fingerprint density at radius 1 is 0.969 bits per heavy atom. The molecule has 2 amide bonds. The number of carbonyl (C=O) groups excluding carboxylic acids is 2. The lowest BCUT2D eigenvalue weighted by molar-refractivity contribution is 0.0701. The molecule has 0 aliphatic carbocycles. The lowest BCUT2D eigenvalue weighted by Crippen LogP contribution is -2.42. The Balaban J connectivity index is 1.48. The van der Waals surface area contributed by atoms with Gasteiger partial charge in [0, 0.05) is 56.7 Å². The number of amides is 2. The summed E-state index contributed by atoms with van der Waals surface area (Å²) in [5.74, 6) is -0.0546. The van der Waals surface area contributed by atoms with Gasteiger partial charge in [-0.05, 0) is 69.7 Å². The van der Waals surface area contributed by atoms with E-state index in [0.717, 1.165) is 55.7 Å². The first-order valence-electron chi connectivity index (χ1n) is 11.6. The van der Waals surface area contributed by atoms with Gasteiger partial charge in [0.2, 0.25) is 0 Å². The first kappa shape index (κ1) is 22.2. The van der Waals surface area contributed by atoms with E-state index in [-0.39, 0.29) is 28.9 Å². The summed E-state index contributed by atoms with van der Waals surface area (Å²) in [6.45, 7) is 6.49. The van der Waals surface area contributed by atoms with Gasteiger partial charge >= 0.3 is 0 Å². The quantitative estimate of drug-likeness (QED) is 0.741. The average molecular weight is 437 g/mol. The molecule has 0 spiro atoms. The number of nitrogens with zero attached hydrogens (tertiary/aromatic N) is 4. The van der Waals surface area contributed by atoms with Crippen molar-refractivity contribution in [2.45, 2.75) is 51.9 Å². The van der Waals surface area contributed by atoms with Crippen LogP contribution in [0.2, 0.25) is 0 Å². The van der Waals surface area contributed by atoms with Crippen molar-refractivity contribution in [1.29, 1.82) is 0 Å². The van der Waals surface area contributed by atoms with Crippen molar-refractivity contribution in [2.24, 2.45) is 7.05 Å². The maximum Gasteiger partial charge on any atom is 0.263 e. The first-order valence-corrected chi connectivity index (χ1v) is 11.6. The van der Waals surface area contributed by atoms with E-state index in [4.69, 9.17) is 0 Å². The van der Waals surface area contributed by atoms with Gasteiger partial charge in [-0.3, -0.25) is 19.4 Å². The zero-order valence-electron chi connectivity index (χ0n) is 19.3. The second kappa shape index (κ2) is 9.27. The number of likely N-dealkylation sites (tertiary alicyclic amines) is 2. The molecule has 0 aromatic carbocycles. The average Bonchev–Trinajstić information content (AvgIpc) is 2.83. The van der Waals surface area contributed by atoms with Crippen molar-refractivity contribution in [2.75, 3.05) is 26.2 Å². The van der Waals surface area contributed by atoms with Crippen LogP contribution in [0.5, 0.6) is 0 Å². The van der Waals surface area contributed by atoms with Gasteiger partial charge in [0.25, 0.3) is 17.4 Å². The summed E-state index contributed by atoms with van der Waals surface area (Å²) in [5, 5.41) is 0. The molecule has 2 aliphatic heterocycles. The number of rotatable bonds is 3. The molecule has 170 valence electrons. The zero-order chi connectivity index (χ0) is 22.8. The van der Waals surface area contributed by atoms with Crippen molar-refractivity contribution < 1.29 is 9.59 Å². The van der Waals surface area contributed by atoms with Crippen LogP contribution in [0.3, 0.4) is 0 Å². The van der Waals surface area contributed by atoms with Crippen LogP contribution in [0.15, 0.2) is 29.2 Å². The van der Waals surface area contributed by atoms with Crippen molar-refractivity contribution >= 4 is 11.8 Å². The molecule has 32 heavy (non-hydrogen) atoms. The topological polar surface area (TPSA) is 75.5 Å². The highest BCUT2D eigenvalue weighted by atomic mass is 16.2. The maximum atomic E-state index is 13.2. The molecule has 0 bridgehead atoms. The molecule has 2 aromatic rings. The van der Waals surface area contributed by atoms with Crippen LogP contribution in [-0.4, -0.2) is 57.3 Å². The second-order valence-electron chi connectivity index (χ2n) is 9.12. The molecule has 0 radical (unpaired) electrons. The van der Waals surface area contributed by atoms with Crippen LogP contribution in [0.25, 0.3) is 0 Å². The highest BCUT2D eigenvalue weighted by Gasteiger charge is 2.29. The van der Waals surface area contributed by atoms with Crippen LogP contribution in [0, 0.1) is 13.8 Å². The molecule has 4 heterocycles. The molecule has 0 N–H and O–H groups in total. The zero-order valence-corrected chi connectivity index (χ0v) is 19.3. The number of piperidine rings is 2. The minimum Gasteiger partial charge on any atom is -0.339 e. The molecular formula is C25H32N4O3. The number of hydrogen-bond donors (Lipinski definition) is 0. The van der Waals surface area contributed by atoms with Crippen molar-refractivity contribution in [3.63, 3.8) is 0 Å². The monoisotopic (exact) mass is 436 g/mol. The third-order valence-electron chi connectivity index (χ3n) is 6.88. The predicted molar refractivity (Wildman–Crippen MR) is 123 cm³/mol. The molecule has 1 atom stereocenters. The maximum absolute atomic E-state index is 13.2. The van der Waals surface area contributed by atoms with Gasteiger partial charge in [-0.25, -0.2) is 0 Å². The molecule has 2 fully saturated rings. The molecule has 4 rings (SSSR count). The Kier molecular flexibility index (Phi) is 6.44. The van der Waals surface area contributed by atoms with Crippen LogP contribution in [0.4, 0.5) is 0 Å². The van der Waals surface area contributed by atoms with Crippen LogP contribution >= 0.6 is 0 Å². The van der Waals surface area contributed by atoms with Gasteiger partial charge in [0.1, 0.15) is 5.56 Å². The Labute approximate surface area is 189 Å². The largest absolute Gasteiger partial charge is 0.339 e. The fourth-order valence-corrected chi connectivity index (χ4v) is 4.85. The number of hydrogen-bond acceptors (Lipinski definition) is 4. The van der Waals surface area contributed by atoms with E-state index >= 15 is 0 Å². The molecule has 2 saturated heterocycles. The number of pyridine rings is 2. The Bertz CT molecular complexity index is 1070. The predicted octanol–water partition coefficient (Wildman–Crippen LogP) is 3.04. The SMILES string of the molecule is Cc1cc(C)n(C)c(=O)c1C(=O)N1CCCC(c2ccc(C(=O)N3CCCCC3)cn2)C1. The molecule has 2 aromatic heterocycles. The van der Waals surface area contributed by atoms with Gasteiger partial charge in [0.05, 0.1) is 5.56 Å². The van der Waals surface area contributed by atoms with Gasteiger partial charge in [-0.2, -0.15) is 0 Å². The van der Waals surface area contributed by atoms with E-state index in [9.17, 15) is 14.4 Å². The lowest BCUT2D eigenvalue weighted by atomic mass is 9.93. The molecule has 7 nitrogen and oxygen atoms in total. The van der Waals surface area contributed by atoms with E-state index in [1.165, 1.54) is 11.0 Å². The number of carbonyl (C=O) groups is 2. The molecule has 7 heteroatoms. The summed E-state index contributed by atoms with van der Waals surface area (Å²) in [6, 6.07) is 5.67. The van der Waals surface area contributed by atoms with Crippen molar-refractivity contribution in [1.82, 2.24) is 19.4 Å². The summed E-state index contributed by atoms with van der Waals surface area (Å²) >= 11 is 0. The second-order valence-corrected chi connectivity index (χ2v) is 9.12. The van der Waals surface area contributed by atoms with Crippen molar-refractivity contribution in [3.05, 3.63) is 62.8 Å². The number of aromatic nitrogens is 2. The van der Waals surface area contributed by atoms with Crippen LogP contribution in [-0.2, 0) is 7.05 Å². The summed E-state index contributed by atoms with van der Waals surface area (Å²) < 4.78 is 1.53. The van der Waals surface area contributed by atoms with Crippen LogP contribution < -0.4 is 5.56 Å². The Hall–Kier alpha value is -2.96.